The van der Waals surface area contributed by atoms with E-state index in [2.05, 4.69) is 6.92 Å². The normalized spacial score (nSPS) is 10.7. The lowest BCUT2D eigenvalue weighted by molar-refractivity contribution is -0.113. The molecular weight excluding hydrogens is 94.0 g/mol. The second-order valence-corrected chi connectivity index (χ2v) is 1.54. The first-order chi connectivity index (χ1) is 3.06. The largest absolute Gasteiger partial charge is 0.371 e. The zero-order chi connectivity index (χ0) is 5.91. The second-order valence-electron chi connectivity index (χ2n) is 1.54. The van der Waals surface area contributed by atoms with E-state index in [-0.39, 0.29) is 0 Å². The van der Waals surface area contributed by atoms with Crippen LogP contribution in [-0.2, 0) is 4.79 Å². The lowest BCUT2D eigenvalue weighted by Gasteiger charge is -2.13. The first kappa shape index (κ1) is 6.43. The summed E-state index contributed by atoms with van der Waals surface area (Å²) in [5, 5.41) is 10.6. The SMILES string of the molecule is [CH2]C(C)(O)NC=O. The summed E-state index contributed by atoms with van der Waals surface area (Å²) in [5.74, 6) is 0. The van der Waals surface area contributed by atoms with E-state index in [1.807, 2.05) is 5.32 Å². The maximum absolute atomic E-state index is 9.51. The standard InChI is InChI=1S/C4H8NO2/c1-4(2,7)5-3-6/h3,7H,1H2,2H3,(H,5,6). The van der Waals surface area contributed by atoms with Crippen LogP contribution in [0, 0.1) is 6.92 Å². The van der Waals surface area contributed by atoms with Crippen LogP contribution in [0.2, 0.25) is 0 Å². The van der Waals surface area contributed by atoms with E-state index in [1.165, 1.54) is 6.92 Å². The van der Waals surface area contributed by atoms with Gasteiger partial charge in [0.1, 0.15) is 5.72 Å². The van der Waals surface area contributed by atoms with Gasteiger partial charge in [0.2, 0.25) is 6.41 Å². The van der Waals surface area contributed by atoms with Gasteiger partial charge < -0.3 is 10.4 Å². The summed E-state index contributed by atoms with van der Waals surface area (Å²) in [7, 11) is 0. The molecule has 0 bridgehead atoms. The van der Waals surface area contributed by atoms with E-state index in [0.717, 1.165) is 0 Å². The van der Waals surface area contributed by atoms with Crippen LogP contribution in [-0.4, -0.2) is 17.2 Å². The summed E-state index contributed by atoms with van der Waals surface area (Å²) in [6.07, 6.45) is 0.396. The van der Waals surface area contributed by atoms with Crippen LogP contribution in [0.15, 0.2) is 0 Å². The highest BCUT2D eigenvalue weighted by atomic mass is 16.3. The molecular formula is C4H8NO2. The molecule has 2 N–H and O–H groups in total. The monoisotopic (exact) mass is 102 g/mol. The van der Waals surface area contributed by atoms with E-state index in [4.69, 9.17) is 5.11 Å². The Hall–Kier alpha value is -0.570. The fourth-order valence-corrected chi connectivity index (χ4v) is 0.127. The number of aliphatic hydroxyl groups is 1. The number of rotatable bonds is 2. The summed E-state index contributed by atoms with van der Waals surface area (Å²) in [6, 6.07) is 0. The number of carbonyl (C=O) groups is 1. The van der Waals surface area contributed by atoms with Crippen LogP contribution in [0.3, 0.4) is 0 Å². The van der Waals surface area contributed by atoms with Crippen molar-refractivity contribution in [3.8, 4) is 0 Å². The van der Waals surface area contributed by atoms with Gasteiger partial charge in [-0.15, -0.1) is 0 Å². The predicted molar refractivity (Wildman–Crippen MR) is 25.2 cm³/mol. The zero-order valence-corrected chi connectivity index (χ0v) is 4.14. The molecule has 0 saturated carbocycles. The minimum atomic E-state index is -1.32. The molecule has 0 heterocycles. The second kappa shape index (κ2) is 1.93. The molecule has 0 aromatic heterocycles. The molecule has 3 heteroatoms. The molecule has 1 radical (unpaired) electrons. The minimum Gasteiger partial charge on any atom is -0.371 e. The Balaban J connectivity index is 3.34. The molecule has 3 nitrogen and oxygen atoms in total. The van der Waals surface area contributed by atoms with E-state index < -0.39 is 5.72 Å². The molecule has 0 spiro atoms. The zero-order valence-electron chi connectivity index (χ0n) is 4.14. The Morgan fingerprint density at radius 1 is 2.00 bits per heavy atom. The maximum Gasteiger partial charge on any atom is 0.209 e. The molecule has 0 aliphatic carbocycles. The summed E-state index contributed by atoms with van der Waals surface area (Å²) in [5.41, 5.74) is -1.32. The van der Waals surface area contributed by atoms with E-state index in [9.17, 15) is 4.79 Å². The van der Waals surface area contributed by atoms with Gasteiger partial charge in [-0.3, -0.25) is 4.79 Å². The van der Waals surface area contributed by atoms with Gasteiger partial charge in [-0.25, -0.2) is 0 Å². The number of nitrogens with one attached hydrogen (secondary N) is 1. The first-order valence-corrected chi connectivity index (χ1v) is 1.85. The number of amides is 1. The average Bonchev–Trinajstić information content (AvgIpc) is 1.30. The third kappa shape index (κ3) is 5.43. The van der Waals surface area contributed by atoms with Gasteiger partial charge in [0.15, 0.2) is 0 Å². The van der Waals surface area contributed by atoms with Crippen molar-refractivity contribution in [2.75, 3.05) is 0 Å². The smallest absolute Gasteiger partial charge is 0.209 e. The van der Waals surface area contributed by atoms with Crippen LogP contribution in [0.25, 0.3) is 0 Å². The van der Waals surface area contributed by atoms with Crippen molar-refractivity contribution >= 4 is 6.41 Å². The number of hydrogen-bond acceptors (Lipinski definition) is 2. The highest BCUT2D eigenvalue weighted by Crippen LogP contribution is 1.88. The van der Waals surface area contributed by atoms with Crippen LogP contribution < -0.4 is 5.32 Å². The van der Waals surface area contributed by atoms with Gasteiger partial charge in [-0.2, -0.15) is 0 Å². The Morgan fingerprint density at radius 2 is 2.43 bits per heavy atom. The van der Waals surface area contributed by atoms with Crippen molar-refractivity contribution < 1.29 is 9.90 Å². The van der Waals surface area contributed by atoms with Crippen LogP contribution in [0.4, 0.5) is 0 Å². The highest BCUT2D eigenvalue weighted by Gasteiger charge is 2.07. The summed E-state index contributed by atoms with van der Waals surface area (Å²) in [4.78, 5) is 9.51. The topological polar surface area (TPSA) is 49.3 Å². The Labute approximate surface area is 42.3 Å². The fourth-order valence-electron chi connectivity index (χ4n) is 0.127. The molecule has 1 unspecified atom stereocenters. The Kier molecular flexibility index (Phi) is 1.77. The first-order valence-electron chi connectivity index (χ1n) is 1.85. The predicted octanol–water partition coefficient (Wildman–Crippen LogP) is -0.725. The highest BCUT2D eigenvalue weighted by molar-refractivity contribution is 5.47. The van der Waals surface area contributed by atoms with Crippen LogP contribution >= 0.6 is 0 Å². The summed E-state index contributed by atoms with van der Waals surface area (Å²) in [6.45, 7) is 4.55. The van der Waals surface area contributed by atoms with E-state index in [0.29, 0.717) is 6.41 Å². The minimum absolute atomic E-state index is 0.396. The van der Waals surface area contributed by atoms with Gasteiger partial charge in [0.25, 0.3) is 0 Å². The van der Waals surface area contributed by atoms with Crippen LogP contribution in [0.1, 0.15) is 6.92 Å². The Bertz CT molecular complexity index is 64.6. The number of hydrogen-bond donors (Lipinski definition) is 2. The van der Waals surface area contributed by atoms with Crippen LogP contribution in [0.5, 0.6) is 0 Å². The van der Waals surface area contributed by atoms with Crippen molar-refractivity contribution in [2.24, 2.45) is 0 Å². The molecule has 0 aromatic rings. The molecule has 0 aliphatic heterocycles. The lowest BCUT2D eigenvalue weighted by atomic mass is 10.3. The molecule has 1 atom stereocenters. The van der Waals surface area contributed by atoms with Crippen molar-refractivity contribution in [1.82, 2.24) is 5.32 Å². The lowest BCUT2D eigenvalue weighted by Crippen LogP contribution is -2.37. The average molecular weight is 102 g/mol. The van der Waals surface area contributed by atoms with Crippen molar-refractivity contribution in [3.05, 3.63) is 6.92 Å². The third-order valence-corrected chi connectivity index (χ3v) is 0.370. The van der Waals surface area contributed by atoms with Gasteiger partial charge in [-0.05, 0) is 13.8 Å². The quantitative estimate of drug-likeness (QED) is 0.357. The molecule has 7 heavy (non-hydrogen) atoms. The van der Waals surface area contributed by atoms with Crippen molar-refractivity contribution in [1.29, 1.82) is 0 Å². The van der Waals surface area contributed by atoms with E-state index in [1.54, 1.807) is 0 Å². The molecule has 1 amide bonds. The summed E-state index contributed by atoms with van der Waals surface area (Å²) < 4.78 is 0. The molecule has 0 rings (SSSR count). The van der Waals surface area contributed by atoms with Gasteiger partial charge in [0, 0.05) is 0 Å². The fraction of sp³-hybridized carbons (Fsp3) is 0.500. The van der Waals surface area contributed by atoms with Crippen molar-refractivity contribution in [3.63, 3.8) is 0 Å². The van der Waals surface area contributed by atoms with Crippen molar-refractivity contribution in [2.45, 2.75) is 12.6 Å². The van der Waals surface area contributed by atoms with Gasteiger partial charge in [0.05, 0.1) is 0 Å². The molecule has 0 saturated heterocycles. The Morgan fingerprint density at radius 3 is 2.43 bits per heavy atom. The van der Waals surface area contributed by atoms with E-state index >= 15 is 0 Å². The molecule has 0 aliphatic rings. The summed E-state index contributed by atoms with van der Waals surface area (Å²) >= 11 is 0. The van der Waals surface area contributed by atoms with Gasteiger partial charge >= 0.3 is 0 Å². The number of carbonyl (C=O) groups excluding carboxylic acids is 1. The van der Waals surface area contributed by atoms with Gasteiger partial charge in [-0.1, -0.05) is 0 Å². The molecule has 41 valence electrons. The maximum atomic E-state index is 9.51. The molecule has 0 fully saturated rings. The molecule has 0 aromatic carbocycles. The third-order valence-electron chi connectivity index (χ3n) is 0.370.